The summed E-state index contributed by atoms with van der Waals surface area (Å²) in [6, 6.07) is 7.32. The van der Waals surface area contributed by atoms with Gasteiger partial charge in [-0.15, -0.1) is 0 Å². The molecule has 0 bridgehead atoms. The number of rotatable bonds is 4. The van der Waals surface area contributed by atoms with Gasteiger partial charge in [0.1, 0.15) is 0 Å². The molecule has 0 spiro atoms. The number of piperidine rings is 1. The van der Waals surface area contributed by atoms with Gasteiger partial charge in [-0.25, -0.2) is 4.79 Å². The smallest absolute Gasteiger partial charge is 0.335 e. The van der Waals surface area contributed by atoms with Crippen LogP contribution >= 0.6 is 0 Å². The molecule has 4 heteroatoms. The highest BCUT2D eigenvalue weighted by atomic mass is 16.4. The van der Waals surface area contributed by atoms with E-state index in [1.807, 2.05) is 12.1 Å². The van der Waals surface area contributed by atoms with Crippen molar-refractivity contribution >= 4 is 5.97 Å². The third-order valence-electron chi connectivity index (χ3n) is 5.35. The first kappa shape index (κ1) is 15.5. The molecular formula is C18H26N2O2. The fraction of sp³-hybridized carbons (Fsp3) is 0.611. The lowest BCUT2D eigenvalue weighted by atomic mass is 9.84. The Morgan fingerprint density at radius 3 is 2.36 bits per heavy atom. The Hall–Kier alpha value is -1.39. The van der Waals surface area contributed by atoms with Crippen LogP contribution in [0.25, 0.3) is 0 Å². The molecular weight excluding hydrogens is 276 g/mol. The molecule has 1 atom stereocenters. The van der Waals surface area contributed by atoms with Crippen molar-refractivity contribution in [3.05, 3.63) is 35.4 Å². The van der Waals surface area contributed by atoms with Gasteiger partial charge in [-0.05, 0) is 75.5 Å². The second-order valence-corrected chi connectivity index (χ2v) is 6.93. The zero-order valence-electron chi connectivity index (χ0n) is 13.4. The molecule has 0 radical (unpaired) electrons. The van der Waals surface area contributed by atoms with Gasteiger partial charge in [0, 0.05) is 13.1 Å². The monoisotopic (exact) mass is 302 g/mol. The molecule has 0 aromatic heterocycles. The number of nitrogens with zero attached hydrogens (tertiary/aromatic N) is 2. The van der Waals surface area contributed by atoms with E-state index in [1.165, 1.54) is 51.0 Å². The quantitative estimate of drug-likeness (QED) is 0.928. The Morgan fingerprint density at radius 2 is 1.73 bits per heavy atom. The van der Waals surface area contributed by atoms with Crippen LogP contribution in [0.4, 0.5) is 0 Å². The van der Waals surface area contributed by atoms with E-state index in [4.69, 9.17) is 5.11 Å². The summed E-state index contributed by atoms with van der Waals surface area (Å²) < 4.78 is 0. The molecule has 1 unspecified atom stereocenters. The molecule has 1 N–H and O–H groups in total. The van der Waals surface area contributed by atoms with E-state index in [0.29, 0.717) is 5.56 Å². The maximum atomic E-state index is 10.9. The summed E-state index contributed by atoms with van der Waals surface area (Å²) in [5.74, 6) is 0.901. The van der Waals surface area contributed by atoms with E-state index in [-0.39, 0.29) is 0 Å². The van der Waals surface area contributed by atoms with Crippen molar-refractivity contribution in [3.63, 3.8) is 0 Å². The summed E-state index contributed by atoms with van der Waals surface area (Å²) in [4.78, 5) is 15.8. The number of aromatic carboxylic acids is 1. The lowest BCUT2D eigenvalue weighted by molar-refractivity contribution is 0.0697. The van der Waals surface area contributed by atoms with Crippen molar-refractivity contribution in [1.29, 1.82) is 0 Å². The van der Waals surface area contributed by atoms with Crippen LogP contribution in [0.5, 0.6) is 0 Å². The van der Waals surface area contributed by atoms with Gasteiger partial charge in [0.2, 0.25) is 0 Å². The van der Waals surface area contributed by atoms with Crippen molar-refractivity contribution in [3.8, 4) is 0 Å². The van der Waals surface area contributed by atoms with Crippen molar-refractivity contribution in [2.75, 3.05) is 33.2 Å². The van der Waals surface area contributed by atoms with Gasteiger partial charge in [0.05, 0.1) is 5.56 Å². The predicted molar refractivity (Wildman–Crippen MR) is 87.0 cm³/mol. The van der Waals surface area contributed by atoms with Crippen LogP contribution in [0.2, 0.25) is 0 Å². The van der Waals surface area contributed by atoms with E-state index in [1.54, 1.807) is 12.1 Å². The topological polar surface area (TPSA) is 43.8 Å². The lowest BCUT2D eigenvalue weighted by Gasteiger charge is -2.32. The van der Waals surface area contributed by atoms with Gasteiger partial charge in [-0.2, -0.15) is 0 Å². The Balaban J connectivity index is 1.51. The minimum absolute atomic E-state index is 0.370. The number of carboxylic acid groups (broad SMARTS) is 1. The fourth-order valence-electron chi connectivity index (χ4n) is 3.90. The number of carboxylic acids is 1. The standard InChI is InChI=1S/C18H26N2O2/c1-19-9-6-15(7-10-19)17-8-11-20(13-17)12-14-2-4-16(5-3-14)18(21)22/h2-5,15,17H,6-13H2,1H3,(H,21,22). The summed E-state index contributed by atoms with van der Waals surface area (Å²) in [6.45, 7) is 5.82. The van der Waals surface area contributed by atoms with Crippen LogP contribution in [0.3, 0.4) is 0 Å². The third kappa shape index (κ3) is 3.68. The molecule has 0 saturated carbocycles. The van der Waals surface area contributed by atoms with Crippen LogP contribution in [0.15, 0.2) is 24.3 Å². The van der Waals surface area contributed by atoms with E-state index in [9.17, 15) is 4.79 Å². The molecule has 1 aromatic rings. The summed E-state index contributed by atoms with van der Waals surface area (Å²) in [5.41, 5.74) is 1.59. The highest BCUT2D eigenvalue weighted by Gasteiger charge is 2.31. The SMILES string of the molecule is CN1CCC(C2CCN(Cc3ccc(C(=O)O)cc3)C2)CC1. The second-order valence-electron chi connectivity index (χ2n) is 6.93. The zero-order chi connectivity index (χ0) is 15.5. The van der Waals surface area contributed by atoms with E-state index >= 15 is 0 Å². The number of likely N-dealkylation sites (tertiary alicyclic amines) is 2. The molecule has 2 aliphatic heterocycles. The highest BCUT2D eigenvalue weighted by molar-refractivity contribution is 5.87. The summed E-state index contributed by atoms with van der Waals surface area (Å²) in [6.07, 6.45) is 4.02. The number of hydrogen-bond donors (Lipinski definition) is 1. The number of benzene rings is 1. The lowest BCUT2D eigenvalue weighted by Crippen LogP contribution is -2.34. The Kier molecular flexibility index (Phi) is 4.79. The number of carbonyl (C=O) groups is 1. The van der Waals surface area contributed by atoms with Crippen molar-refractivity contribution < 1.29 is 9.90 Å². The average molecular weight is 302 g/mol. The molecule has 0 aliphatic carbocycles. The highest BCUT2D eigenvalue weighted by Crippen LogP contribution is 2.32. The zero-order valence-corrected chi connectivity index (χ0v) is 13.4. The van der Waals surface area contributed by atoms with Gasteiger partial charge in [-0.3, -0.25) is 4.90 Å². The summed E-state index contributed by atoms with van der Waals surface area (Å²) in [5, 5.41) is 8.94. The molecule has 0 amide bonds. The van der Waals surface area contributed by atoms with Gasteiger partial charge in [0.25, 0.3) is 0 Å². The molecule has 2 saturated heterocycles. The van der Waals surface area contributed by atoms with E-state index in [0.717, 1.165) is 18.4 Å². The molecule has 120 valence electrons. The van der Waals surface area contributed by atoms with Gasteiger partial charge in [0.15, 0.2) is 0 Å². The third-order valence-corrected chi connectivity index (χ3v) is 5.35. The van der Waals surface area contributed by atoms with Crippen LogP contribution in [0.1, 0.15) is 35.2 Å². The first-order valence-electron chi connectivity index (χ1n) is 8.35. The Labute approximate surface area is 132 Å². The van der Waals surface area contributed by atoms with Crippen molar-refractivity contribution in [1.82, 2.24) is 9.80 Å². The molecule has 22 heavy (non-hydrogen) atoms. The molecule has 2 aliphatic rings. The molecule has 4 nitrogen and oxygen atoms in total. The second kappa shape index (κ2) is 6.80. The van der Waals surface area contributed by atoms with Crippen molar-refractivity contribution in [2.24, 2.45) is 11.8 Å². The van der Waals surface area contributed by atoms with E-state index < -0.39 is 5.97 Å². The summed E-state index contributed by atoms with van der Waals surface area (Å²) >= 11 is 0. The minimum atomic E-state index is -0.852. The van der Waals surface area contributed by atoms with E-state index in [2.05, 4.69) is 16.8 Å². The average Bonchev–Trinajstić information content (AvgIpc) is 2.97. The first-order valence-corrected chi connectivity index (χ1v) is 8.35. The van der Waals surface area contributed by atoms with Crippen LogP contribution < -0.4 is 0 Å². The molecule has 2 fully saturated rings. The summed E-state index contributed by atoms with van der Waals surface area (Å²) in [7, 11) is 2.22. The van der Waals surface area contributed by atoms with Crippen molar-refractivity contribution in [2.45, 2.75) is 25.8 Å². The van der Waals surface area contributed by atoms with Gasteiger partial charge in [-0.1, -0.05) is 12.1 Å². The molecule has 3 rings (SSSR count). The van der Waals surface area contributed by atoms with Gasteiger partial charge < -0.3 is 10.0 Å². The molecule has 2 heterocycles. The maximum absolute atomic E-state index is 10.9. The first-order chi connectivity index (χ1) is 10.6. The van der Waals surface area contributed by atoms with Crippen LogP contribution in [-0.2, 0) is 6.54 Å². The molecule has 1 aromatic carbocycles. The van der Waals surface area contributed by atoms with Crippen LogP contribution in [-0.4, -0.2) is 54.1 Å². The maximum Gasteiger partial charge on any atom is 0.335 e. The Bertz CT molecular complexity index is 506. The fourth-order valence-corrected chi connectivity index (χ4v) is 3.90. The predicted octanol–water partition coefficient (Wildman–Crippen LogP) is 2.55. The normalized spacial score (nSPS) is 24.7. The van der Waals surface area contributed by atoms with Crippen LogP contribution in [0, 0.1) is 11.8 Å². The van der Waals surface area contributed by atoms with Gasteiger partial charge >= 0.3 is 5.97 Å². The minimum Gasteiger partial charge on any atom is -0.478 e. The largest absolute Gasteiger partial charge is 0.478 e. The number of hydrogen-bond acceptors (Lipinski definition) is 3. The Morgan fingerprint density at radius 1 is 1.09 bits per heavy atom.